The molecule has 17 heavy (non-hydrogen) atoms. The van der Waals surface area contributed by atoms with Gasteiger partial charge in [0, 0.05) is 13.0 Å². The van der Waals surface area contributed by atoms with Crippen molar-refractivity contribution in [3.05, 3.63) is 0 Å². The van der Waals surface area contributed by atoms with Gasteiger partial charge in [-0.25, -0.2) is 0 Å². The molecule has 0 aromatic carbocycles. The quantitative estimate of drug-likeness (QED) is 0.774. The molecule has 0 bridgehead atoms. The number of aliphatic carboxylic acids is 1. The van der Waals surface area contributed by atoms with Crippen LogP contribution in [-0.2, 0) is 9.59 Å². The van der Waals surface area contributed by atoms with Crippen molar-refractivity contribution in [1.29, 1.82) is 0 Å². The molecular formula is C13H23NO3. The lowest BCUT2D eigenvalue weighted by Crippen LogP contribution is -2.33. The van der Waals surface area contributed by atoms with E-state index < -0.39 is 11.9 Å². The van der Waals surface area contributed by atoms with Gasteiger partial charge in [0.1, 0.15) is 0 Å². The molecular weight excluding hydrogens is 218 g/mol. The maximum absolute atomic E-state index is 11.6. The molecule has 1 fully saturated rings. The third kappa shape index (κ3) is 5.20. The van der Waals surface area contributed by atoms with Gasteiger partial charge in [0.2, 0.25) is 5.91 Å². The van der Waals surface area contributed by atoms with E-state index in [-0.39, 0.29) is 12.5 Å². The summed E-state index contributed by atoms with van der Waals surface area (Å²) in [5, 5.41) is 11.4. The summed E-state index contributed by atoms with van der Waals surface area (Å²) < 4.78 is 0. The maximum Gasteiger partial charge on any atom is 0.308 e. The molecule has 0 spiro atoms. The standard InChI is InChI=1S/C13H23NO3/c1-9-4-3-5-11(6-9)7-12(15)14-8-10(2)13(16)17/h9-11H,3-8H2,1-2H3,(H,14,15)(H,16,17). The van der Waals surface area contributed by atoms with Gasteiger partial charge in [-0.1, -0.05) is 26.7 Å². The van der Waals surface area contributed by atoms with E-state index in [1.54, 1.807) is 6.92 Å². The predicted molar refractivity (Wildman–Crippen MR) is 65.5 cm³/mol. The molecule has 1 aliphatic carbocycles. The van der Waals surface area contributed by atoms with Crippen LogP contribution in [0.1, 0.15) is 46.0 Å². The highest BCUT2D eigenvalue weighted by atomic mass is 16.4. The van der Waals surface area contributed by atoms with E-state index in [4.69, 9.17) is 5.11 Å². The van der Waals surface area contributed by atoms with Crippen molar-refractivity contribution in [2.75, 3.05) is 6.54 Å². The number of carboxylic acids is 1. The number of hydrogen-bond donors (Lipinski definition) is 2. The Hall–Kier alpha value is -1.06. The van der Waals surface area contributed by atoms with Crippen molar-refractivity contribution in [1.82, 2.24) is 5.32 Å². The third-order valence-electron chi connectivity index (χ3n) is 3.55. The lowest BCUT2D eigenvalue weighted by Gasteiger charge is -2.26. The van der Waals surface area contributed by atoms with Crippen molar-refractivity contribution in [3.8, 4) is 0 Å². The molecule has 0 saturated heterocycles. The zero-order valence-electron chi connectivity index (χ0n) is 10.7. The zero-order chi connectivity index (χ0) is 12.8. The summed E-state index contributed by atoms with van der Waals surface area (Å²) in [5.74, 6) is -0.170. The molecule has 0 radical (unpaired) electrons. The first-order valence-corrected chi connectivity index (χ1v) is 6.48. The van der Waals surface area contributed by atoms with Crippen LogP contribution in [0, 0.1) is 17.8 Å². The topological polar surface area (TPSA) is 66.4 Å². The van der Waals surface area contributed by atoms with Crippen LogP contribution in [0.15, 0.2) is 0 Å². The maximum atomic E-state index is 11.6. The normalized spacial score (nSPS) is 26.2. The summed E-state index contributed by atoms with van der Waals surface area (Å²) >= 11 is 0. The summed E-state index contributed by atoms with van der Waals surface area (Å²) in [5.41, 5.74) is 0. The average molecular weight is 241 g/mol. The first-order valence-electron chi connectivity index (χ1n) is 6.48. The molecule has 3 atom stereocenters. The molecule has 3 unspecified atom stereocenters. The fourth-order valence-electron chi connectivity index (χ4n) is 2.43. The third-order valence-corrected chi connectivity index (χ3v) is 3.55. The van der Waals surface area contributed by atoms with E-state index in [9.17, 15) is 9.59 Å². The average Bonchev–Trinajstić information content (AvgIpc) is 2.25. The van der Waals surface area contributed by atoms with Crippen LogP contribution in [0.4, 0.5) is 0 Å². The molecule has 1 rings (SSSR count). The summed E-state index contributed by atoms with van der Waals surface area (Å²) in [4.78, 5) is 22.2. The van der Waals surface area contributed by atoms with Crippen LogP contribution in [0.5, 0.6) is 0 Å². The van der Waals surface area contributed by atoms with Crippen molar-refractivity contribution < 1.29 is 14.7 Å². The SMILES string of the molecule is CC1CCCC(CC(=O)NCC(C)C(=O)O)C1. The molecule has 4 heteroatoms. The van der Waals surface area contributed by atoms with Gasteiger partial charge in [-0.2, -0.15) is 0 Å². The number of carbonyl (C=O) groups is 2. The van der Waals surface area contributed by atoms with Gasteiger partial charge in [0.15, 0.2) is 0 Å². The number of nitrogens with one attached hydrogen (secondary N) is 1. The Kier molecular flexibility index (Phi) is 5.45. The van der Waals surface area contributed by atoms with Crippen LogP contribution in [0.25, 0.3) is 0 Å². The van der Waals surface area contributed by atoms with Gasteiger partial charge in [-0.05, 0) is 24.7 Å². The molecule has 0 aromatic heterocycles. The van der Waals surface area contributed by atoms with Crippen LogP contribution in [0.3, 0.4) is 0 Å². The van der Waals surface area contributed by atoms with Gasteiger partial charge in [0.25, 0.3) is 0 Å². The smallest absolute Gasteiger partial charge is 0.308 e. The van der Waals surface area contributed by atoms with Gasteiger partial charge in [0.05, 0.1) is 5.92 Å². The van der Waals surface area contributed by atoms with E-state index in [1.165, 1.54) is 12.8 Å². The molecule has 1 aliphatic rings. The van der Waals surface area contributed by atoms with E-state index in [0.717, 1.165) is 18.8 Å². The predicted octanol–water partition coefficient (Wildman–Crippen LogP) is 2.04. The van der Waals surface area contributed by atoms with Gasteiger partial charge >= 0.3 is 5.97 Å². The molecule has 1 amide bonds. The van der Waals surface area contributed by atoms with E-state index in [2.05, 4.69) is 12.2 Å². The first-order chi connectivity index (χ1) is 7.99. The largest absolute Gasteiger partial charge is 0.481 e. The highest BCUT2D eigenvalue weighted by Gasteiger charge is 2.21. The van der Waals surface area contributed by atoms with Gasteiger partial charge in [-0.15, -0.1) is 0 Å². The van der Waals surface area contributed by atoms with Crippen molar-refractivity contribution >= 4 is 11.9 Å². The fraction of sp³-hybridized carbons (Fsp3) is 0.846. The Morgan fingerprint density at radius 1 is 1.41 bits per heavy atom. The number of carbonyl (C=O) groups excluding carboxylic acids is 1. The summed E-state index contributed by atoms with van der Waals surface area (Å²) in [6, 6.07) is 0. The Morgan fingerprint density at radius 3 is 2.71 bits per heavy atom. The van der Waals surface area contributed by atoms with Crippen LogP contribution in [-0.4, -0.2) is 23.5 Å². The zero-order valence-corrected chi connectivity index (χ0v) is 10.7. The van der Waals surface area contributed by atoms with E-state index in [0.29, 0.717) is 12.3 Å². The Balaban J connectivity index is 2.22. The van der Waals surface area contributed by atoms with Crippen molar-refractivity contribution in [2.24, 2.45) is 17.8 Å². The Labute approximate surface area is 103 Å². The minimum atomic E-state index is -0.864. The molecule has 98 valence electrons. The monoisotopic (exact) mass is 241 g/mol. The first kappa shape index (κ1) is 14.0. The summed E-state index contributed by atoms with van der Waals surface area (Å²) in [6.45, 7) is 4.07. The molecule has 1 saturated carbocycles. The fourth-order valence-corrected chi connectivity index (χ4v) is 2.43. The molecule has 2 N–H and O–H groups in total. The minimum Gasteiger partial charge on any atom is -0.481 e. The van der Waals surface area contributed by atoms with E-state index in [1.807, 2.05) is 0 Å². The van der Waals surface area contributed by atoms with Crippen LogP contribution >= 0.6 is 0 Å². The highest BCUT2D eigenvalue weighted by molar-refractivity contribution is 5.77. The summed E-state index contributed by atoms with van der Waals surface area (Å²) in [7, 11) is 0. The Morgan fingerprint density at radius 2 is 2.12 bits per heavy atom. The van der Waals surface area contributed by atoms with Crippen molar-refractivity contribution in [3.63, 3.8) is 0 Å². The second-order valence-electron chi connectivity index (χ2n) is 5.39. The molecule has 0 aromatic rings. The molecule has 0 heterocycles. The molecule has 4 nitrogen and oxygen atoms in total. The minimum absolute atomic E-state index is 0.00259. The molecule has 0 aliphatic heterocycles. The number of rotatable bonds is 5. The van der Waals surface area contributed by atoms with Gasteiger partial charge in [-0.3, -0.25) is 9.59 Å². The second-order valence-corrected chi connectivity index (χ2v) is 5.39. The summed E-state index contributed by atoms with van der Waals surface area (Å²) in [6.07, 6.45) is 5.30. The van der Waals surface area contributed by atoms with Crippen molar-refractivity contribution in [2.45, 2.75) is 46.0 Å². The number of amides is 1. The lowest BCUT2D eigenvalue weighted by molar-refractivity contribution is -0.141. The van der Waals surface area contributed by atoms with Crippen LogP contribution < -0.4 is 5.32 Å². The van der Waals surface area contributed by atoms with Gasteiger partial charge < -0.3 is 10.4 Å². The lowest BCUT2D eigenvalue weighted by atomic mass is 9.81. The second kappa shape index (κ2) is 6.62. The number of hydrogen-bond acceptors (Lipinski definition) is 2. The van der Waals surface area contributed by atoms with Crippen LogP contribution in [0.2, 0.25) is 0 Å². The Bertz CT molecular complexity index is 278. The highest BCUT2D eigenvalue weighted by Crippen LogP contribution is 2.30. The number of carboxylic acid groups (broad SMARTS) is 1. The van der Waals surface area contributed by atoms with E-state index >= 15 is 0 Å².